The van der Waals surface area contributed by atoms with Crippen LogP contribution in [-0.2, 0) is 0 Å². The molecule has 0 aliphatic carbocycles. The van der Waals surface area contributed by atoms with Gasteiger partial charge in [0.15, 0.2) is 0 Å². The Morgan fingerprint density at radius 3 is 2.86 bits per heavy atom. The number of piperidine rings is 3. The second kappa shape index (κ2) is 4.84. The molecule has 1 unspecified atom stereocenters. The van der Waals surface area contributed by atoms with Gasteiger partial charge in [-0.25, -0.2) is 4.52 Å². The Balaban J connectivity index is 1.58. The molecule has 5 nitrogen and oxygen atoms in total. The molecule has 3 aliphatic heterocycles. The summed E-state index contributed by atoms with van der Waals surface area (Å²) in [4.78, 5) is 15.0. The monoisotopic (exact) mass is 284 g/mol. The summed E-state index contributed by atoms with van der Waals surface area (Å²) < 4.78 is 1.82. The summed E-state index contributed by atoms with van der Waals surface area (Å²) in [5, 5.41) is 7.56. The summed E-state index contributed by atoms with van der Waals surface area (Å²) >= 11 is 0. The zero-order valence-corrected chi connectivity index (χ0v) is 12.2. The molecule has 110 valence electrons. The van der Waals surface area contributed by atoms with Crippen molar-refractivity contribution >= 4 is 11.4 Å². The largest absolute Gasteiger partial charge is 0.348 e. The number of nitrogens with one attached hydrogen (secondary N) is 1. The van der Waals surface area contributed by atoms with Gasteiger partial charge < -0.3 is 10.2 Å². The van der Waals surface area contributed by atoms with Crippen LogP contribution in [0, 0.1) is 12.8 Å². The number of carbonyl (C=O) groups excluding carboxylic acids is 1. The molecule has 3 aliphatic rings. The molecule has 1 atom stereocenters. The highest BCUT2D eigenvalue weighted by atomic mass is 16.1. The fourth-order valence-electron chi connectivity index (χ4n) is 3.70. The van der Waals surface area contributed by atoms with Gasteiger partial charge in [-0.3, -0.25) is 4.79 Å². The molecule has 5 heterocycles. The Hall–Kier alpha value is -1.88. The van der Waals surface area contributed by atoms with E-state index in [1.54, 1.807) is 6.20 Å². The lowest BCUT2D eigenvalue weighted by atomic mass is 9.84. The predicted molar refractivity (Wildman–Crippen MR) is 80.3 cm³/mol. The molecular weight excluding hydrogens is 264 g/mol. The number of aryl methyl sites for hydroxylation is 1. The van der Waals surface area contributed by atoms with E-state index in [0.717, 1.165) is 17.8 Å². The quantitative estimate of drug-likeness (QED) is 0.908. The normalized spacial score (nSPS) is 28.0. The van der Waals surface area contributed by atoms with E-state index in [2.05, 4.69) is 15.3 Å². The average Bonchev–Trinajstić information content (AvgIpc) is 2.94. The molecule has 2 aromatic heterocycles. The van der Waals surface area contributed by atoms with Crippen LogP contribution >= 0.6 is 0 Å². The van der Waals surface area contributed by atoms with Crippen molar-refractivity contribution in [2.45, 2.75) is 25.8 Å². The Kier molecular flexibility index (Phi) is 2.96. The van der Waals surface area contributed by atoms with Gasteiger partial charge in [0.25, 0.3) is 5.91 Å². The topological polar surface area (TPSA) is 49.6 Å². The molecule has 2 aromatic rings. The van der Waals surface area contributed by atoms with Crippen molar-refractivity contribution in [1.82, 2.24) is 19.8 Å². The van der Waals surface area contributed by atoms with Gasteiger partial charge in [0.05, 0.1) is 17.3 Å². The van der Waals surface area contributed by atoms with E-state index in [4.69, 9.17) is 0 Å². The highest BCUT2D eigenvalue weighted by molar-refractivity contribution is 6.00. The predicted octanol–water partition coefficient (Wildman–Crippen LogP) is 1.47. The molecule has 21 heavy (non-hydrogen) atoms. The number of aromatic nitrogens is 2. The third kappa shape index (κ3) is 2.12. The Morgan fingerprint density at radius 2 is 2.14 bits per heavy atom. The number of pyridine rings is 1. The Labute approximate surface area is 123 Å². The molecule has 0 spiro atoms. The van der Waals surface area contributed by atoms with Crippen LogP contribution in [0.5, 0.6) is 0 Å². The SMILES string of the molecule is Cc1cccc2c(C(=O)NC3CN4CCC3CC4)cnn12. The van der Waals surface area contributed by atoms with Crippen LogP contribution in [0.4, 0.5) is 0 Å². The lowest BCUT2D eigenvalue weighted by Gasteiger charge is -2.44. The molecule has 0 aromatic carbocycles. The van der Waals surface area contributed by atoms with E-state index in [0.29, 0.717) is 17.5 Å². The number of carbonyl (C=O) groups is 1. The first-order valence-electron chi connectivity index (χ1n) is 7.69. The lowest BCUT2D eigenvalue weighted by molar-refractivity contribution is 0.0621. The van der Waals surface area contributed by atoms with Crippen molar-refractivity contribution in [2.75, 3.05) is 19.6 Å². The minimum absolute atomic E-state index is 0.00866. The van der Waals surface area contributed by atoms with Gasteiger partial charge in [0, 0.05) is 18.3 Å². The molecule has 0 saturated carbocycles. The number of fused-ring (bicyclic) bond motifs is 4. The molecule has 3 fully saturated rings. The van der Waals surface area contributed by atoms with Crippen LogP contribution in [-0.4, -0.2) is 46.1 Å². The summed E-state index contributed by atoms with van der Waals surface area (Å²) in [6.07, 6.45) is 4.09. The lowest BCUT2D eigenvalue weighted by Crippen LogP contribution is -2.57. The van der Waals surface area contributed by atoms with E-state index in [9.17, 15) is 4.79 Å². The van der Waals surface area contributed by atoms with Crippen LogP contribution < -0.4 is 5.32 Å². The standard InChI is InChI=1S/C16H20N4O/c1-11-3-2-4-15-13(9-17-20(11)15)16(21)18-14-10-19-7-5-12(14)6-8-19/h2-4,9,12,14H,5-8,10H2,1H3,(H,18,21). The van der Waals surface area contributed by atoms with Gasteiger partial charge in [0.1, 0.15) is 0 Å². The summed E-state index contributed by atoms with van der Waals surface area (Å²) in [6.45, 7) is 5.36. The van der Waals surface area contributed by atoms with E-state index in [-0.39, 0.29) is 5.91 Å². The van der Waals surface area contributed by atoms with Gasteiger partial charge in [-0.05, 0) is 50.9 Å². The molecule has 5 rings (SSSR count). The van der Waals surface area contributed by atoms with Gasteiger partial charge in [-0.2, -0.15) is 5.10 Å². The molecule has 2 bridgehead atoms. The van der Waals surface area contributed by atoms with E-state index in [1.807, 2.05) is 29.6 Å². The minimum Gasteiger partial charge on any atom is -0.348 e. The first kappa shape index (κ1) is 12.8. The molecule has 1 amide bonds. The maximum Gasteiger partial charge on any atom is 0.255 e. The molecule has 5 heteroatoms. The van der Waals surface area contributed by atoms with Gasteiger partial charge in [-0.15, -0.1) is 0 Å². The zero-order valence-electron chi connectivity index (χ0n) is 12.2. The highest BCUT2D eigenvalue weighted by Crippen LogP contribution is 2.27. The smallest absolute Gasteiger partial charge is 0.255 e. The Bertz CT molecular complexity index is 685. The fourth-order valence-corrected chi connectivity index (χ4v) is 3.70. The summed E-state index contributed by atoms with van der Waals surface area (Å²) in [6, 6.07) is 6.21. The average molecular weight is 284 g/mol. The maximum absolute atomic E-state index is 12.6. The van der Waals surface area contributed by atoms with Gasteiger partial charge >= 0.3 is 0 Å². The van der Waals surface area contributed by atoms with Crippen LogP contribution in [0.2, 0.25) is 0 Å². The second-order valence-corrected chi connectivity index (χ2v) is 6.24. The number of amides is 1. The first-order valence-corrected chi connectivity index (χ1v) is 7.69. The summed E-state index contributed by atoms with van der Waals surface area (Å²) in [7, 11) is 0. The van der Waals surface area contributed by atoms with Gasteiger partial charge in [-0.1, -0.05) is 6.07 Å². The van der Waals surface area contributed by atoms with Crippen molar-refractivity contribution in [3.05, 3.63) is 35.7 Å². The molecule has 3 saturated heterocycles. The minimum atomic E-state index is 0.00866. The third-order valence-corrected chi connectivity index (χ3v) is 4.95. The third-order valence-electron chi connectivity index (χ3n) is 4.95. The van der Waals surface area contributed by atoms with Gasteiger partial charge in [0.2, 0.25) is 0 Å². The molecular formula is C16H20N4O. The van der Waals surface area contributed by atoms with Crippen LogP contribution in [0.1, 0.15) is 28.9 Å². The number of rotatable bonds is 2. The van der Waals surface area contributed by atoms with E-state index in [1.165, 1.54) is 25.9 Å². The second-order valence-electron chi connectivity index (χ2n) is 6.24. The van der Waals surface area contributed by atoms with Crippen molar-refractivity contribution in [2.24, 2.45) is 5.92 Å². The fraction of sp³-hybridized carbons (Fsp3) is 0.500. The van der Waals surface area contributed by atoms with Crippen molar-refractivity contribution in [1.29, 1.82) is 0 Å². The summed E-state index contributed by atoms with van der Waals surface area (Å²) in [5.74, 6) is 0.650. The first-order chi connectivity index (χ1) is 10.2. The number of nitrogens with zero attached hydrogens (tertiary/aromatic N) is 3. The molecule has 1 N–H and O–H groups in total. The van der Waals surface area contributed by atoms with Crippen LogP contribution in [0.15, 0.2) is 24.4 Å². The van der Waals surface area contributed by atoms with Crippen LogP contribution in [0.25, 0.3) is 5.52 Å². The van der Waals surface area contributed by atoms with Crippen molar-refractivity contribution in [3.63, 3.8) is 0 Å². The van der Waals surface area contributed by atoms with Crippen molar-refractivity contribution in [3.8, 4) is 0 Å². The highest BCUT2D eigenvalue weighted by Gasteiger charge is 2.35. The molecule has 0 radical (unpaired) electrons. The maximum atomic E-state index is 12.6. The Morgan fingerprint density at radius 1 is 1.33 bits per heavy atom. The van der Waals surface area contributed by atoms with E-state index >= 15 is 0 Å². The van der Waals surface area contributed by atoms with Crippen molar-refractivity contribution < 1.29 is 4.79 Å². The number of hydrogen-bond donors (Lipinski definition) is 1. The van der Waals surface area contributed by atoms with Crippen LogP contribution in [0.3, 0.4) is 0 Å². The zero-order chi connectivity index (χ0) is 14.4. The van der Waals surface area contributed by atoms with E-state index < -0.39 is 0 Å². The summed E-state index contributed by atoms with van der Waals surface area (Å²) in [5.41, 5.74) is 2.60. The number of hydrogen-bond acceptors (Lipinski definition) is 3.